The van der Waals surface area contributed by atoms with Gasteiger partial charge in [0.2, 0.25) is 0 Å². The highest BCUT2D eigenvalue weighted by Gasteiger charge is 2.20. The third kappa shape index (κ3) is 6.41. The number of aromatic nitrogens is 4. The minimum absolute atomic E-state index is 0.599. The first-order valence-electron chi connectivity index (χ1n) is 23.5. The van der Waals surface area contributed by atoms with Crippen molar-refractivity contribution in [2.45, 2.75) is 0 Å². The molecule has 2 aromatic heterocycles. The van der Waals surface area contributed by atoms with E-state index in [1.54, 1.807) is 0 Å². The molecule has 14 rings (SSSR count). The third-order valence-electron chi connectivity index (χ3n) is 14.0. The average molecular weight is 877 g/mol. The molecule has 0 aliphatic heterocycles. The summed E-state index contributed by atoms with van der Waals surface area (Å²) >= 11 is 0. The van der Waals surface area contributed by atoms with Gasteiger partial charge in [-0.3, -0.25) is 0 Å². The minimum atomic E-state index is 0.599. The molecule has 0 fully saturated rings. The van der Waals surface area contributed by atoms with E-state index in [-0.39, 0.29) is 0 Å². The second-order valence-electron chi connectivity index (χ2n) is 17.9. The summed E-state index contributed by atoms with van der Waals surface area (Å²) in [5, 5.41) is 14.4. The Morgan fingerprint density at radius 3 is 1.39 bits per heavy atom. The van der Waals surface area contributed by atoms with Crippen molar-refractivity contribution in [3.63, 3.8) is 0 Å². The van der Waals surface area contributed by atoms with Gasteiger partial charge in [0.25, 0.3) is 0 Å². The number of benzene rings is 12. The van der Waals surface area contributed by atoms with Crippen LogP contribution in [0.1, 0.15) is 0 Å². The molecule has 2 heterocycles. The van der Waals surface area contributed by atoms with Crippen LogP contribution in [-0.2, 0) is 0 Å². The predicted octanol–water partition coefficient (Wildman–Crippen LogP) is 17.1. The van der Waals surface area contributed by atoms with Crippen LogP contribution < -0.4 is 0 Å². The maximum Gasteiger partial charge on any atom is 0.164 e. The van der Waals surface area contributed by atoms with E-state index in [1.165, 1.54) is 54.0 Å². The Kier molecular flexibility index (Phi) is 8.86. The van der Waals surface area contributed by atoms with Crippen molar-refractivity contribution < 1.29 is 0 Å². The van der Waals surface area contributed by atoms with Gasteiger partial charge in [-0.2, -0.15) is 0 Å². The summed E-state index contributed by atoms with van der Waals surface area (Å²) in [6, 6.07) is 87.3. The largest absolute Gasteiger partial charge is 0.309 e. The van der Waals surface area contributed by atoms with E-state index in [9.17, 15) is 0 Å². The van der Waals surface area contributed by atoms with Crippen LogP contribution in [0.25, 0.3) is 138 Å². The van der Waals surface area contributed by atoms with E-state index in [0.717, 1.165) is 66.3 Å². The van der Waals surface area contributed by atoms with Gasteiger partial charge in [0.15, 0.2) is 17.5 Å². The number of para-hydroxylation sites is 1. The van der Waals surface area contributed by atoms with E-state index >= 15 is 0 Å². The molecule has 0 unspecified atom stereocenters. The molecule has 12 aromatic carbocycles. The van der Waals surface area contributed by atoms with Crippen LogP contribution in [0.4, 0.5) is 0 Å². The van der Waals surface area contributed by atoms with Gasteiger partial charge in [0.1, 0.15) is 0 Å². The molecule has 4 nitrogen and oxygen atoms in total. The standard InChI is InChI=1S/C65H40N4/c1-3-17-41(18-4-1)44-32-34-58-57-29-15-16-30-61(57)69(62(58)40-44)48-36-46(43-31-33-56-53-26-11-10-24-51(53)52-25-12-13-27-54(52)59(56)38-43)35-47(37-48)64-66-63(42-19-5-2-6-20-42)67-65(68-64)60-39-45-21-7-8-22-49(45)50-23-9-14-28-55(50)60/h1-40H. The minimum Gasteiger partial charge on any atom is -0.309 e. The van der Waals surface area contributed by atoms with Crippen LogP contribution in [0, 0.1) is 0 Å². The summed E-state index contributed by atoms with van der Waals surface area (Å²) in [6.45, 7) is 0. The Labute approximate surface area is 398 Å². The molecule has 0 aliphatic rings. The Balaban J connectivity index is 1.07. The molecule has 0 amide bonds. The molecular formula is C65H40N4. The zero-order chi connectivity index (χ0) is 45.4. The lowest BCUT2D eigenvalue weighted by atomic mass is 9.91. The molecule has 14 aromatic rings. The van der Waals surface area contributed by atoms with Crippen molar-refractivity contribution in [1.29, 1.82) is 0 Å². The molecule has 0 N–H and O–H groups in total. The van der Waals surface area contributed by atoms with Crippen molar-refractivity contribution in [3.05, 3.63) is 243 Å². The quantitative estimate of drug-likeness (QED) is 0.156. The second-order valence-corrected chi connectivity index (χ2v) is 17.9. The van der Waals surface area contributed by atoms with Crippen LogP contribution in [0.2, 0.25) is 0 Å². The molecule has 0 aliphatic carbocycles. The highest BCUT2D eigenvalue weighted by molar-refractivity contribution is 6.26. The summed E-state index contributed by atoms with van der Waals surface area (Å²) in [6.07, 6.45) is 0. The fourth-order valence-electron chi connectivity index (χ4n) is 10.8. The third-order valence-corrected chi connectivity index (χ3v) is 14.0. The second kappa shape index (κ2) is 15.7. The smallest absolute Gasteiger partial charge is 0.164 e. The molecule has 0 saturated heterocycles. The van der Waals surface area contributed by atoms with Gasteiger partial charge >= 0.3 is 0 Å². The van der Waals surface area contributed by atoms with Crippen molar-refractivity contribution in [2.75, 3.05) is 0 Å². The Morgan fingerprint density at radius 2 is 0.696 bits per heavy atom. The zero-order valence-electron chi connectivity index (χ0n) is 37.4. The van der Waals surface area contributed by atoms with Crippen molar-refractivity contribution in [2.24, 2.45) is 0 Å². The Bertz CT molecular complexity index is 4330. The van der Waals surface area contributed by atoms with Gasteiger partial charge in [0, 0.05) is 33.2 Å². The van der Waals surface area contributed by atoms with E-state index < -0.39 is 0 Å². The summed E-state index contributed by atoms with van der Waals surface area (Å²) in [5.41, 5.74) is 10.5. The maximum absolute atomic E-state index is 5.49. The van der Waals surface area contributed by atoms with Crippen LogP contribution in [0.3, 0.4) is 0 Å². The van der Waals surface area contributed by atoms with Gasteiger partial charge in [-0.25, -0.2) is 15.0 Å². The highest BCUT2D eigenvalue weighted by Crippen LogP contribution is 2.42. The molecule has 69 heavy (non-hydrogen) atoms. The van der Waals surface area contributed by atoms with Crippen LogP contribution in [0.15, 0.2) is 243 Å². The van der Waals surface area contributed by atoms with Gasteiger partial charge in [-0.1, -0.05) is 200 Å². The Morgan fingerprint density at radius 1 is 0.232 bits per heavy atom. The SMILES string of the molecule is c1ccc(-c2ccc3c4ccccc4n(-c4cc(-c5ccc6c7ccccc7c7ccccc7c6c5)cc(-c5nc(-c6ccccc6)nc(-c6cc7ccccc7c7ccccc67)n5)c4)c3c2)cc1. The number of hydrogen-bond acceptors (Lipinski definition) is 3. The first-order chi connectivity index (χ1) is 34.2. The van der Waals surface area contributed by atoms with E-state index in [2.05, 4.69) is 229 Å². The fraction of sp³-hybridized carbons (Fsp3) is 0. The average Bonchev–Trinajstić information content (AvgIpc) is 3.76. The summed E-state index contributed by atoms with van der Waals surface area (Å²) in [7, 11) is 0. The van der Waals surface area contributed by atoms with Crippen molar-refractivity contribution >= 4 is 75.7 Å². The normalized spacial score (nSPS) is 11.8. The number of hydrogen-bond donors (Lipinski definition) is 0. The number of fused-ring (bicyclic) bond motifs is 12. The predicted molar refractivity (Wildman–Crippen MR) is 289 cm³/mol. The lowest BCUT2D eigenvalue weighted by Gasteiger charge is -2.16. The Hall–Kier alpha value is -9.25. The summed E-state index contributed by atoms with van der Waals surface area (Å²) < 4.78 is 2.42. The lowest BCUT2D eigenvalue weighted by Crippen LogP contribution is -2.02. The van der Waals surface area contributed by atoms with Crippen molar-refractivity contribution in [3.8, 4) is 62.1 Å². The number of rotatable bonds is 6. The monoisotopic (exact) mass is 876 g/mol. The first-order valence-corrected chi connectivity index (χ1v) is 23.5. The summed E-state index contributed by atoms with van der Waals surface area (Å²) in [5.74, 6) is 1.84. The van der Waals surface area contributed by atoms with Crippen LogP contribution in [-0.4, -0.2) is 19.5 Å². The first kappa shape index (κ1) is 39.0. The molecule has 0 atom stereocenters. The topological polar surface area (TPSA) is 43.6 Å². The summed E-state index contributed by atoms with van der Waals surface area (Å²) in [4.78, 5) is 16.1. The van der Waals surface area contributed by atoms with E-state index in [4.69, 9.17) is 15.0 Å². The zero-order valence-corrected chi connectivity index (χ0v) is 37.4. The van der Waals surface area contributed by atoms with E-state index in [0.29, 0.717) is 17.5 Å². The van der Waals surface area contributed by atoms with Crippen molar-refractivity contribution in [1.82, 2.24) is 19.5 Å². The van der Waals surface area contributed by atoms with E-state index in [1.807, 2.05) is 18.2 Å². The molecule has 4 heteroatoms. The maximum atomic E-state index is 5.49. The fourth-order valence-corrected chi connectivity index (χ4v) is 10.8. The van der Waals surface area contributed by atoms with Crippen LogP contribution in [0.5, 0.6) is 0 Å². The van der Waals surface area contributed by atoms with Crippen LogP contribution >= 0.6 is 0 Å². The van der Waals surface area contributed by atoms with Gasteiger partial charge in [0.05, 0.1) is 11.0 Å². The molecule has 320 valence electrons. The number of nitrogens with zero attached hydrogens (tertiary/aromatic N) is 4. The molecule has 0 saturated carbocycles. The van der Waals surface area contributed by atoms with Gasteiger partial charge in [-0.05, 0) is 119 Å². The molecular weight excluding hydrogens is 837 g/mol. The molecule has 0 spiro atoms. The molecule has 0 radical (unpaired) electrons. The van der Waals surface area contributed by atoms with Gasteiger partial charge < -0.3 is 4.57 Å². The molecule has 0 bridgehead atoms. The lowest BCUT2D eigenvalue weighted by molar-refractivity contribution is 1.07. The highest BCUT2D eigenvalue weighted by atomic mass is 15.0. The van der Waals surface area contributed by atoms with Gasteiger partial charge in [-0.15, -0.1) is 0 Å².